The van der Waals surface area contributed by atoms with E-state index in [1.54, 1.807) is 0 Å². The van der Waals surface area contributed by atoms with Gasteiger partial charge in [0, 0.05) is 18.4 Å². The lowest BCUT2D eigenvalue weighted by Crippen LogP contribution is -2.43. The van der Waals surface area contributed by atoms with Gasteiger partial charge in [0.1, 0.15) is 5.82 Å². The van der Waals surface area contributed by atoms with Crippen molar-refractivity contribution in [3.8, 4) is 0 Å². The highest BCUT2D eigenvalue weighted by molar-refractivity contribution is 5.96. The number of rotatable bonds is 8. The minimum atomic E-state index is -0.881. The van der Waals surface area contributed by atoms with Gasteiger partial charge in [0.05, 0.1) is 12.6 Å². The third kappa shape index (κ3) is 4.89. The minimum Gasteiger partial charge on any atom is -0.349 e. The van der Waals surface area contributed by atoms with Crippen molar-refractivity contribution in [2.24, 2.45) is 0 Å². The normalized spacial score (nSPS) is 18.8. The van der Waals surface area contributed by atoms with E-state index in [2.05, 4.69) is 0 Å². The number of aldehydes is 1. The highest BCUT2D eigenvalue weighted by Gasteiger charge is 2.37. The van der Waals surface area contributed by atoms with Crippen LogP contribution in [0.25, 0.3) is 0 Å². The van der Waals surface area contributed by atoms with Crippen LogP contribution in [0.15, 0.2) is 54.6 Å². The van der Waals surface area contributed by atoms with Crippen LogP contribution in [0, 0.1) is 5.82 Å². The Hall–Kier alpha value is -2.86. The Bertz CT molecular complexity index is 822. The molecule has 2 aromatic rings. The van der Waals surface area contributed by atoms with E-state index in [0.717, 1.165) is 5.56 Å². The first-order valence-corrected chi connectivity index (χ1v) is 9.29. The first-order chi connectivity index (χ1) is 13.6. The molecule has 1 fully saturated rings. The van der Waals surface area contributed by atoms with Crippen LogP contribution < -0.4 is 0 Å². The van der Waals surface area contributed by atoms with Gasteiger partial charge in [0.2, 0.25) is 5.91 Å². The van der Waals surface area contributed by atoms with E-state index in [1.807, 2.05) is 30.3 Å². The Morgan fingerprint density at radius 2 is 1.79 bits per heavy atom. The highest BCUT2D eigenvalue weighted by Crippen LogP contribution is 2.22. The lowest BCUT2D eigenvalue weighted by atomic mass is 10.0. The number of ether oxygens (including phenoxy) is 1. The largest absolute Gasteiger partial charge is 0.349 e. The zero-order valence-electron chi connectivity index (χ0n) is 15.4. The van der Waals surface area contributed by atoms with Crippen LogP contribution in [-0.2, 0) is 20.7 Å². The number of nitrogens with zero attached hydrogens (tertiary/aromatic N) is 1. The van der Waals surface area contributed by atoms with Crippen molar-refractivity contribution in [2.75, 3.05) is 6.61 Å². The third-order valence-electron chi connectivity index (χ3n) is 4.81. The predicted octanol–water partition coefficient (Wildman–Crippen LogP) is 3.17. The Balaban J connectivity index is 1.56. The number of halogens is 1. The van der Waals surface area contributed by atoms with Crippen molar-refractivity contribution in [1.82, 2.24) is 4.90 Å². The molecule has 3 rings (SSSR count). The maximum Gasteiger partial charge on any atom is 0.225 e. The van der Waals surface area contributed by atoms with Crippen LogP contribution in [0.2, 0.25) is 0 Å². The van der Waals surface area contributed by atoms with Gasteiger partial charge in [0.25, 0.3) is 0 Å². The molecule has 0 N–H and O–H groups in total. The van der Waals surface area contributed by atoms with Crippen molar-refractivity contribution < 1.29 is 23.5 Å². The van der Waals surface area contributed by atoms with Gasteiger partial charge in [-0.3, -0.25) is 14.4 Å². The molecule has 1 saturated heterocycles. The summed E-state index contributed by atoms with van der Waals surface area (Å²) in [5.41, 5.74) is 1.48. The quantitative estimate of drug-likeness (QED) is 0.519. The first kappa shape index (κ1) is 19.9. The molecule has 0 bridgehead atoms. The molecule has 146 valence electrons. The van der Waals surface area contributed by atoms with E-state index in [1.165, 1.54) is 29.2 Å². The first-order valence-electron chi connectivity index (χ1n) is 9.29. The summed E-state index contributed by atoms with van der Waals surface area (Å²) in [5, 5.41) is 0. The SMILES string of the molecule is O=CC1OCC(Cc2ccccc2)N1C(=O)CCCC(=O)c1ccc(F)cc1. The van der Waals surface area contributed by atoms with E-state index < -0.39 is 12.0 Å². The molecule has 28 heavy (non-hydrogen) atoms. The van der Waals surface area contributed by atoms with Crippen LogP contribution in [0.3, 0.4) is 0 Å². The topological polar surface area (TPSA) is 63.7 Å². The van der Waals surface area contributed by atoms with Crippen molar-refractivity contribution in [3.63, 3.8) is 0 Å². The summed E-state index contributed by atoms with van der Waals surface area (Å²) in [5.74, 6) is -0.745. The van der Waals surface area contributed by atoms with Crippen LogP contribution in [0.1, 0.15) is 35.2 Å². The fourth-order valence-corrected chi connectivity index (χ4v) is 3.38. The van der Waals surface area contributed by atoms with E-state index in [4.69, 9.17) is 4.74 Å². The lowest BCUT2D eigenvalue weighted by molar-refractivity contribution is -0.142. The van der Waals surface area contributed by atoms with E-state index in [9.17, 15) is 18.8 Å². The number of hydrogen-bond acceptors (Lipinski definition) is 4. The zero-order chi connectivity index (χ0) is 19.9. The fraction of sp³-hybridized carbons (Fsp3) is 0.318. The van der Waals surface area contributed by atoms with Gasteiger partial charge >= 0.3 is 0 Å². The molecule has 1 heterocycles. The van der Waals surface area contributed by atoms with Gasteiger partial charge < -0.3 is 9.64 Å². The fourth-order valence-electron chi connectivity index (χ4n) is 3.38. The Kier molecular flexibility index (Phi) is 6.66. The van der Waals surface area contributed by atoms with Gasteiger partial charge in [0.15, 0.2) is 18.3 Å². The predicted molar refractivity (Wildman–Crippen MR) is 101 cm³/mol. The number of benzene rings is 2. The molecule has 1 amide bonds. The number of Topliss-reactive ketones (excluding diaryl/α,β-unsaturated/α-hetero) is 1. The Morgan fingerprint density at radius 1 is 1.07 bits per heavy atom. The highest BCUT2D eigenvalue weighted by atomic mass is 19.1. The molecule has 0 spiro atoms. The molecule has 0 aliphatic carbocycles. The second-order valence-corrected chi connectivity index (χ2v) is 6.79. The van der Waals surface area contributed by atoms with Crippen LogP contribution >= 0.6 is 0 Å². The minimum absolute atomic E-state index is 0.141. The molecule has 2 atom stereocenters. The van der Waals surface area contributed by atoms with E-state index in [0.29, 0.717) is 31.3 Å². The average Bonchev–Trinajstić information content (AvgIpc) is 3.11. The molecule has 2 unspecified atom stereocenters. The van der Waals surface area contributed by atoms with Gasteiger partial charge in [-0.05, 0) is 42.7 Å². The summed E-state index contributed by atoms with van der Waals surface area (Å²) in [4.78, 5) is 37.7. The molecule has 5 nitrogen and oxygen atoms in total. The smallest absolute Gasteiger partial charge is 0.225 e. The Morgan fingerprint density at radius 3 is 2.46 bits per heavy atom. The van der Waals surface area contributed by atoms with Gasteiger partial charge in [-0.25, -0.2) is 4.39 Å². The summed E-state index contributed by atoms with van der Waals surface area (Å²) in [6.45, 7) is 0.304. The summed E-state index contributed by atoms with van der Waals surface area (Å²) in [7, 11) is 0. The molecule has 2 aromatic carbocycles. The van der Waals surface area contributed by atoms with Crippen LogP contribution in [-0.4, -0.2) is 41.8 Å². The second-order valence-electron chi connectivity index (χ2n) is 6.79. The molecule has 1 aliphatic rings. The molecule has 0 radical (unpaired) electrons. The monoisotopic (exact) mass is 383 g/mol. The average molecular weight is 383 g/mol. The van der Waals surface area contributed by atoms with Crippen LogP contribution in [0.4, 0.5) is 4.39 Å². The number of amides is 1. The van der Waals surface area contributed by atoms with Crippen molar-refractivity contribution in [3.05, 3.63) is 71.5 Å². The summed E-state index contributed by atoms with van der Waals surface area (Å²) < 4.78 is 18.4. The molecule has 6 heteroatoms. The summed E-state index contributed by atoms with van der Waals surface area (Å²) in [6.07, 6.45) is 1.04. The maximum atomic E-state index is 12.9. The molecular weight excluding hydrogens is 361 g/mol. The Labute approximate surface area is 163 Å². The standard InChI is InChI=1S/C22H22FNO4/c23-18-11-9-17(10-12-18)20(26)7-4-8-21(27)24-19(15-28-22(24)14-25)13-16-5-2-1-3-6-16/h1-3,5-6,9-12,14,19,22H,4,7-8,13,15H2. The lowest BCUT2D eigenvalue weighted by Gasteiger charge is -2.25. The number of hydrogen-bond donors (Lipinski definition) is 0. The number of carbonyl (C=O) groups excluding carboxylic acids is 3. The van der Waals surface area contributed by atoms with Crippen molar-refractivity contribution in [2.45, 2.75) is 38.0 Å². The van der Waals surface area contributed by atoms with Gasteiger partial charge in [-0.2, -0.15) is 0 Å². The van der Waals surface area contributed by atoms with E-state index in [-0.39, 0.29) is 30.6 Å². The molecule has 0 saturated carbocycles. The van der Waals surface area contributed by atoms with Crippen molar-refractivity contribution >= 4 is 18.0 Å². The maximum absolute atomic E-state index is 12.9. The molecule has 1 aliphatic heterocycles. The summed E-state index contributed by atoms with van der Waals surface area (Å²) in [6, 6.07) is 14.9. The third-order valence-corrected chi connectivity index (χ3v) is 4.81. The number of carbonyl (C=O) groups is 3. The van der Waals surface area contributed by atoms with Gasteiger partial charge in [-0.1, -0.05) is 30.3 Å². The molecular formula is C22H22FNO4. The van der Waals surface area contributed by atoms with Crippen LogP contribution in [0.5, 0.6) is 0 Å². The van der Waals surface area contributed by atoms with Gasteiger partial charge in [-0.15, -0.1) is 0 Å². The second kappa shape index (κ2) is 9.37. The van der Waals surface area contributed by atoms with E-state index >= 15 is 0 Å². The summed E-state index contributed by atoms with van der Waals surface area (Å²) >= 11 is 0. The zero-order valence-corrected chi connectivity index (χ0v) is 15.4. The number of ketones is 1. The van der Waals surface area contributed by atoms with Crippen molar-refractivity contribution in [1.29, 1.82) is 0 Å². The molecule has 0 aromatic heterocycles.